The zero-order chi connectivity index (χ0) is 13.5. The van der Waals surface area contributed by atoms with Gasteiger partial charge in [0.05, 0.1) is 5.69 Å². The summed E-state index contributed by atoms with van der Waals surface area (Å²) in [5, 5.41) is 3.98. The van der Waals surface area contributed by atoms with Crippen LogP contribution in [0.3, 0.4) is 0 Å². The Bertz CT molecular complexity index is 552. The molecule has 0 spiro atoms. The van der Waals surface area contributed by atoms with Crippen LogP contribution in [0.5, 0.6) is 0 Å². The van der Waals surface area contributed by atoms with Gasteiger partial charge in [0, 0.05) is 31.1 Å². The maximum absolute atomic E-state index is 12.6. The third-order valence-electron chi connectivity index (χ3n) is 3.18. The summed E-state index contributed by atoms with van der Waals surface area (Å²) in [6, 6.07) is -0.00671. The second-order valence-corrected chi connectivity index (χ2v) is 7.44. The van der Waals surface area contributed by atoms with Gasteiger partial charge in [-0.1, -0.05) is 0 Å². The highest BCUT2D eigenvalue weighted by Crippen LogP contribution is 2.29. The number of nitrogen functional groups attached to an aromatic ring is 1. The van der Waals surface area contributed by atoms with E-state index in [1.165, 1.54) is 8.99 Å². The molecule has 8 heteroatoms. The molecule has 18 heavy (non-hydrogen) atoms. The maximum atomic E-state index is 12.6. The largest absolute Gasteiger partial charge is 0.381 e. The number of nitrogens with zero attached hydrogens (tertiary/aromatic N) is 3. The molecule has 2 heterocycles. The van der Waals surface area contributed by atoms with Crippen molar-refractivity contribution in [3.63, 3.8) is 0 Å². The minimum Gasteiger partial charge on any atom is -0.381 e. The van der Waals surface area contributed by atoms with Crippen LogP contribution in [0.2, 0.25) is 0 Å². The Morgan fingerprint density at radius 3 is 2.67 bits per heavy atom. The average Bonchev–Trinajstić information content (AvgIpc) is 2.53. The highest BCUT2D eigenvalue weighted by atomic mass is 32.2. The molecular formula is C10H18N4O2S2. The van der Waals surface area contributed by atoms with Crippen molar-refractivity contribution in [2.24, 2.45) is 7.05 Å². The predicted octanol–water partition coefficient (Wildman–Crippen LogP) is 0.437. The number of aryl methyl sites for hydroxylation is 1. The van der Waals surface area contributed by atoms with E-state index in [2.05, 4.69) is 5.10 Å². The first-order valence-electron chi connectivity index (χ1n) is 5.74. The summed E-state index contributed by atoms with van der Waals surface area (Å²) in [6.07, 6.45) is 0. The standard InChI is InChI=1S/C10H18N4O2S2/c1-7-6-17-5-4-14(7)18(15,16)9-8(2)13(3)12-10(9)11/h7H,4-6H2,1-3H3,(H2,11,12). The number of hydrogen-bond donors (Lipinski definition) is 1. The average molecular weight is 290 g/mol. The normalized spacial score (nSPS) is 22.3. The lowest BCUT2D eigenvalue weighted by Crippen LogP contribution is -2.44. The molecule has 0 bridgehead atoms. The third-order valence-corrected chi connectivity index (χ3v) is 6.55. The van der Waals surface area contributed by atoms with E-state index in [9.17, 15) is 8.42 Å². The molecule has 0 aromatic carbocycles. The van der Waals surface area contributed by atoms with E-state index in [4.69, 9.17) is 5.73 Å². The smallest absolute Gasteiger partial charge is 0.248 e. The van der Waals surface area contributed by atoms with Crippen LogP contribution in [0.15, 0.2) is 4.90 Å². The molecule has 0 amide bonds. The van der Waals surface area contributed by atoms with Gasteiger partial charge in [0.15, 0.2) is 5.82 Å². The Hall–Kier alpha value is -0.730. The van der Waals surface area contributed by atoms with Gasteiger partial charge < -0.3 is 5.73 Å². The Kier molecular flexibility index (Phi) is 3.61. The molecule has 0 radical (unpaired) electrons. The maximum Gasteiger partial charge on any atom is 0.248 e. The van der Waals surface area contributed by atoms with Gasteiger partial charge in [-0.05, 0) is 13.8 Å². The fraction of sp³-hybridized carbons (Fsp3) is 0.700. The van der Waals surface area contributed by atoms with E-state index >= 15 is 0 Å². The van der Waals surface area contributed by atoms with Gasteiger partial charge in [0.2, 0.25) is 10.0 Å². The molecule has 1 fully saturated rings. The highest BCUT2D eigenvalue weighted by Gasteiger charge is 2.35. The molecule has 0 saturated carbocycles. The van der Waals surface area contributed by atoms with Crippen molar-refractivity contribution in [2.75, 3.05) is 23.8 Å². The number of thioether (sulfide) groups is 1. The zero-order valence-corrected chi connectivity index (χ0v) is 12.4. The van der Waals surface area contributed by atoms with E-state index in [-0.39, 0.29) is 16.8 Å². The van der Waals surface area contributed by atoms with Gasteiger partial charge in [-0.3, -0.25) is 4.68 Å². The fourth-order valence-electron chi connectivity index (χ4n) is 2.12. The van der Waals surface area contributed by atoms with Crippen molar-refractivity contribution in [1.29, 1.82) is 0 Å². The molecule has 6 nitrogen and oxygen atoms in total. The lowest BCUT2D eigenvalue weighted by molar-refractivity contribution is 0.367. The van der Waals surface area contributed by atoms with Crippen molar-refractivity contribution in [1.82, 2.24) is 14.1 Å². The summed E-state index contributed by atoms with van der Waals surface area (Å²) >= 11 is 1.77. The van der Waals surface area contributed by atoms with Crippen molar-refractivity contribution in [3.05, 3.63) is 5.69 Å². The van der Waals surface area contributed by atoms with E-state index in [0.29, 0.717) is 12.2 Å². The van der Waals surface area contributed by atoms with Gasteiger partial charge in [-0.2, -0.15) is 21.2 Å². The lowest BCUT2D eigenvalue weighted by atomic mass is 10.4. The van der Waals surface area contributed by atoms with E-state index in [1.54, 1.807) is 25.7 Å². The summed E-state index contributed by atoms with van der Waals surface area (Å²) in [5.41, 5.74) is 6.32. The van der Waals surface area contributed by atoms with E-state index in [0.717, 1.165) is 11.5 Å². The van der Waals surface area contributed by atoms with Gasteiger partial charge in [0.1, 0.15) is 4.90 Å². The summed E-state index contributed by atoms with van der Waals surface area (Å²) in [4.78, 5) is 0.156. The van der Waals surface area contributed by atoms with Crippen LogP contribution in [0.25, 0.3) is 0 Å². The van der Waals surface area contributed by atoms with E-state index in [1.807, 2.05) is 6.92 Å². The third kappa shape index (κ3) is 2.12. The minimum atomic E-state index is -3.54. The summed E-state index contributed by atoms with van der Waals surface area (Å²) < 4.78 is 28.3. The monoisotopic (exact) mass is 290 g/mol. The molecule has 1 aromatic heterocycles. The molecule has 1 aliphatic rings. The molecule has 1 aliphatic heterocycles. The molecule has 2 N–H and O–H groups in total. The van der Waals surface area contributed by atoms with Gasteiger partial charge in [-0.25, -0.2) is 8.42 Å². The highest BCUT2D eigenvalue weighted by molar-refractivity contribution is 7.99. The van der Waals surface area contributed by atoms with Crippen LogP contribution in [0, 0.1) is 6.92 Å². The van der Waals surface area contributed by atoms with Gasteiger partial charge >= 0.3 is 0 Å². The quantitative estimate of drug-likeness (QED) is 0.854. The van der Waals surface area contributed by atoms with Crippen molar-refractivity contribution in [3.8, 4) is 0 Å². The van der Waals surface area contributed by atoms with Crippen molar-refractivity contribution < 1.29 is 8.42 Å². The van der Waals surface area contributed by atoms with E-state index < -0.39 is 10.0 Å². The second-order valence-electron chi connectivity index (χ2n) is 4.46. The first-order valence-corrected chi connectivity index (χ1v) is 8.34. The molecule has 1 atom stereocenters. The summed E-state index contributed by atoms with van der Waals surface area (Å²) in [5.74, 6) is 1.72. The topological polar surface area (TPSA) is 81.2 Å². The minimum absolute atomic E-state index is 0.00671. The second kappa shape index (κ2) is 4.75. The number of nitrogens with two attached hydrogens (primary N) is 1. The Morgan fingerprint density at radius 2 is 2.17 bits per heavy atom. The molecule has 102 valence electrons. The van der Waals surface area contributed by atoms with Crippen LogP contribution in [0.1, 0.15) is 12.6 Å². The predicted molar refractivity (Wildman–Crippen MR) is 73.0 cm³/mol. The van der Waals surface area contributed by atoms with Crippen LogP contribution < -0.4 is 5.73 Å². The summed E-state index contributed by atoms with van der Waals surface area (Å²) in [6.45, 7) is 4.17. The molecule has 2 rings (SSSR count). The van der Waals surface area contributed by atoms with Crippen LogP contribution >= 0.6 is 11.8 Å². The first kappa shape index (κ1) is 13.7. The fourth-order valence-corrected chi connectivity index (χ4v) is 5.27. The Balaban J connectivity index is 2.47. The number of rotatable bonds is 2. The van der Waals surface area contributed by atoms with Crippen LogP contribution in [-0.2, 0) is 17.1 Å². The Morgan fingerprint density at radius 1 is 1.50 bits per heavy atom. The van der Waals surface area contributed by atoms with Crippen molar-refractivity contribution in [2.45, 2.75) is 24.8 Å². The molecule has 1 aromatic rings. The van der Waals surface area contributed by atoms with Crippen LogP contribution in [-0.4, -0.2) is 46.6 Å². The summed E-state index contributed by atoms with van der Waals surface area (Å²) in [7, 11) is -1.85. The molecule has 0 aliphatic carbocycles. The van der Waals surface area contributed by atoms with Crippen LogP contribution in [0.4, 0.5) is 5.82 Å². The Labute approximate surface area is 112 Å². The SMILES string of the molecule is Cc1c(S(=O)(=O)N2CCSCC2C)c(N)nn1C. The number of hydrogen-bond acceptors (Lipinski definition) is 5. The number of sulfonamides is 1. The zero-order valence-electron chi connectivity index (χ0n) is 10.8. The molecule has 1 unspecified atom stereocenters. The molecule has 1 saturated heterocycles. The number of aromatic nitrogens is 2. The molecular weight excluding hydrogens is 272 g/mol. The van der Waals surface area contributed by atoms with Gasteiger partial charge in [-0.15, -0.1) is 0 Å². The van der Waals surface area contributed by atoms with Gasteiger partial charge in [0.25, 0.3) is 0 Å². The number of anilines is 1. The first-order chi connectivity index (χ1) is 8.35. The lowest BCUT2D eigenvalue weighted by Gasteiger charge is -2.31. The van der Waals surface area contributed by atoms with Crippen molar-refractivity contribution >= 4 is 27.6 Å².